The minimum absolute atomic E-state index is 0.0371. The highest BCUT2D eigenvalue weighted by molar-refractivity contribution is 6.35. The third-order valence-electron chi connectivity index (χ3n) is 6.52. The van der Waals surface area contributed by atoms with E-state index in [1.54, 1.807) is 18.2 Å². The molecule has 0 radical (unpaired) electrons. The van der Waals surface area contributed by atoms with Crippen LogP contribution in [0.25, 0.3) is 0 Å². The molecule has 1 aromatic rings. The fourth-order valence-electron chi connectivity index (χ4n) is 5.26. The SMILES string of the molecule is O=C(CCN1C(=O)[C@@H]2[C@H]3C=C[C@@H]([C@@H]4C[C@H]34)[C@@H]2C1=O)Nc1cc(Cl)ccc1Cl. The molecular weight excluding hydrogens is 387 g/mol. The standard InChI is InChI=1S/C20H18Cl2N2O3/c21-9-1-4-14(22)15(7-9)23-16(25)5-6-24-19(26)17-10-2-3-11(13-8-12(10)13)18(17)20(24)27/h1-4,7,10-13,17-18H,5-6,8H2,(H,23,25)/t10-,11-,12-,13+,17-,18+/m0/s1. The van der Waals surface area contributed by atoms with Crippen LogP contribution in [0, 0.1) is 35.5 Å². The number of amides is 3. The third-order valence-corrected chi connectivity index (χ3v) is 7.08. The van der Waals surface area contributed by atoms with E-state index in [-0.39, 0.29) is 54.4 Å². The third kappa shape index (κ3) is 2.63. The van der Waals surface area contributed by atoms with Gasteiger partial charge in [-0.25, -0.2) is 0 Å². The maximum Gasteiger partial charge on any atom is 0.233 e. The Morgan fingerprint density at radius 2 is 1.70 bits per heavy atom. The lowest BCUT2D eigenvalue weighted by Gasteiger charge is -2.37. The van der Waals surface area contributed by atoms with Crippen molar-refractivity contribution >= 4 is 46.6 Å². The molecule has 7 heteroatoms. The molecule has 140 valence electrons. The molecule has 27 heavy (non-hydrogen) atoms. The summed E-state index contributed by atoms with van der Waals surface area (Å²) in [4.78, 5) is 39.3. The van der Waals surface area contributed by atoms with Gasteiger partial charge in [0.05, 0.1) is 22.5 Å². The molecule has 4 aliphatic carbocycles. The Bertz CT molecular complexity index is 863. The van der Waals surface area contributed by atoms with Gasteiger partial charge in [-0.1, -0.05) is 35.4 Å². The number of carbonyl (C=O) groups is 3. The highest BCUT2D eigenvalue weighted by atomic mass is 35.5. The first-order chi connectivity index (χ1) is 13.0. The number of carbonyl (C=O) groups excluding carboxylic acids is 3. The van der Waals surface area contributed by atoms with Crippen LogP contribution in [0.15, 0.2) is 30.4 Å². The quantitative estimate of drug-likeness (QED) is 0.617. The van der Waals surface area contributed by atoms with E-state index in [9.17, 15) is 14.4 Å². The van der Waals surface area contributed by atoms with Crippen LogP contribution in [0.5, 0.6) is 0 Å². The van der Waals surface area contributed by atoms with Crippen molar-refractivity contribution in [3.05, 3.63) is 40.4 Å². The molecule has 5 aliphatic rings. The number of halogens is 2. The number of likely N-dealkylation sites (tertiary alicyclic amines) is 1. The first-order valence-corrected chi connectivity index (χ1v) is 10.00. The molecule has 6 atom stereocenters. The number of hydrogen-bond acceptors (Lipinski definition) is 3. The lowest BCUT2D eigenvalue weighted by atomic mass is 9.63. The first-order valence-electron chi connectivity index (χ1n) is 9.24. The molecule has 0 aromatic heterocycles. The van der Waals surface area contributed by atoms with Crippen LogP contribution in [-0.2, 0) is 14.4 Å². The lowest BCUT2D eigenvalue weighted by Crippen LogP contribution is -2.40. The predicted octanol–water partition coefficient (Wildman–Crippen LogP) is 3.38. The van der Waals surface area contributed by atoms with Gasteiger partial charge in [0, 0.05) is 18.0 Å². The van der Waals surface area contributed by atoms with Gasteiger partial charge >= 0.3 is 0 Å². The summed E-state index contributed by atoms with van der Waals surface area (Å²) >= 11 is 12.0. The van der Waals surface area contributed by atoms with Crippen LogP contribution in [-0.4, -0.2) is 29.2 Å². The van der Waals surface area contributed by atoms with E-state index in [1.807, 2.05) is 0 Å². The summed E-state index contributed by atoms with van der Waals surface area (Å²) in [6.07, 6.45) is 5.46. The summed E-state index contributed by atoms with van der Waals surface area (Å²) in [6.45, 7) is 0.101. The second-order valence-electron chi connectivity index (χ2n) is 7.91. The summed E-state index contributed by atoms with van der Waals surface area (Å²) < 4.78 is 0. The van der Waals surface area contributed by atoms with Crippen LogP contribution < -0.4 is 5.32 Å². The highest BCUT2D eigenvalue weighted by Crippen LogP contribution is 2.65. The Hall–Kier alpha value is -1.85. The zero-order chi connectivity index (χ0) is 18.9. The van der Waals surface area contributed by atoms with Crippen LogP contribution in [0.2, 0.25) is 10.0 Å². The number of hydrogen-bond donors (Lipinski definition) is 1. The molecule has 3 fully saturated rings. The number of benzene rings is 1. The number of anilines is 1. The normalized spacial score (nSPS) is 35.3. The molecule has 0 spiro atoms. The fraction of sp³-hybridized carbons (Fsp3) is 0.450. The van der Waals surface area contributed by atoms with Crippen molar-refractivity contribution in [3.8, 4) is 0 Å². The minimum atomic E-state index is -0.307. The molecule has 1 aromatic carbocycles. The van der Waals surface area contributed by atoms with Crippen LogP contribution in [0.4, 0.5) is 5.69 Å². The summed E-state index contributed by atoms with van der Waals surface area (Å²) in [5, 5.41) is 3.54. The summed E-state index contributed by atoms with van der Waals surface area (Å²) in [7, 11) is 0. The largest absolute Gasteiger partial charge is 0.325 e. The molecule has 6 rings (SSSR count). The van der Waals surface area contributed by atoms with Gasteiger partial charge in [0.1, 0.15) is 0 Å². The van der Waals surface area contributed by atoms with Crippen molar-refractivity contribution in [1.29, 1.82) is 0 Å². The Labute approximate surface area is 166 Å². The fourth-order valence-corrected chi connectivity index (χ4v) is 5.60. The van der Waals surface area contributed by atoms with E-state index in [1.165, 1.54) is 4.90 Å². The number of imide groups is 1. The van der Waals surface area contributed by atoms with Gasteiger partial charge in [-0.15, -0.1) is 0 Å². The molecule has 3 amide bonds. The van der Waals surface area contributed by atoms with Gasteiger partial charge in [0.25, 0.3) is 0 Å². The van der Waals surface area contributed by atoms with Gasteiger partial charge in [-0.05, 0) is 48.3 Å². The minimum Gasteiger partial charge on any atom is -0.325 e. The summed E-state index contributed by atoms with van der Waals surface area (Å²) in [6, 6.07) is 4.81. The zero-order valence-corrected chi connectivity index (χ0v) is 15.9. The van der Waals surface area contributed by atoms with E-state index in [4.69, 9.17) is 23.2 Å². The number of nitrogens with zero attached hydrogens (tertiary/aromatic N) is 1. The number of nitrogens with one attached hydrogen (secondary N) is 1. The molecule has 2 saturated carbocycles. The summed E-state index contributed by atoms with van der Waals surface area (Å²) in [5.74, 6) is 0.585. The van der Waals surface area contributed by atoms with E-state index < -0.39 is 0 Å². The van der Waals surface area contributed by atoms with Gasteiger partial charge < -0.3 is 5.32 Å². The summed E-state index contributed by atoms with van der Waals surface area (Å²) in [5.41, 5.74) is 0.421. The topological polar surface area (TPSA) is 66.5 Å². The van der Waals surface area contributed by atoms with Crippen molar-refractivity contribution in [2.24, 2.45) is 35.5 Å². The van der Waals surface area contributed by atoms with Crippen molar-refractivity contribution < 1.29 is 14.4 Å². The van der Waals surface area contributed by atoms with Crippen molar-refractivity contribution in [1.82, 2.24) is 4.90 Å². The number of rotatable bonds is 4. The first kappa shape index (κ1) is 17.3. The molecule has 1 aliphatic heterocycles. The Kier molecular flexibility index (Phi) is 3.89. The Balaban J connectivity index is 1.26. The maximum atomic E-state index is 12.9. The smallest absolute Gasteiger partial charge is 0.233 e. The van der Waals surface area contributed by atoms with E-state index in [0.717, 1.165) is 6.42 Å². The average Bonchev–Trinajstić information content (AvgIpc) is 3.42. The van der Waals surface area contributed by atoms with Crippen molar-refractivity contribution in [3.63, 3.8) is 0 Å². The average molecular weight is 405 g/mol. The zero-order valence-electron chi connectivity index (χ0n) is 14.4. The molecular formula is C20H18Cl2N2O3. The molecule has 1 heterocycles. The lowest BCUT2D eigenvalue weighted by molar-refractivity contribution is -0.140. The van der Waals surface area contributed by atoms with Crippen LogP contribution in [0.1, 0.15) is 12.8 Å². The van der Waals surface area contributed by atoms with E-state index in [0.29, 0.717) is 27.6 Å². The van der Waals surface area contributed by atoms with E-state index in [2.05, 4.69) is 17.5 Å². The second kappa shape index (κ2) is 6.08. The van der Waals surface area contributed by atoms with Gasteiger partial charge in [0.15, 0.2) is 0 Å². The predicted molar refractivity (Wildman–Crippen MR) is 101 cm³/mol. The maximum absolute atomic E-state index is 12.9. The van der Waals surface area contributed by atoms with E-state index >= 15 is 0 Å². The van der Waals surface area contributed by atoms with Gasteiger partial charge in [0.2, 0.25) is 17.7 Å². The van der Waals surface area contributed by atoms with Gasteiger partial charge in [-0.3, -0.25) is 19.3 Å². The van der Waals surface area contributed by atoms with Crippen molar-refractivity contribution in [2.45, 2.75) is 12.8 Å². The Morgan fingerprint density at radius 1 is 1.07 bits per heavy atom. The van der Waals surface area contributed by atoms with Crippen molar-refractivity contribution in [2.75, 3.05) is 11.9 Å². The van der Waals surface area contributed by atoms with Gasteiger partial charge in [-0.2, -0.15) is 0 Å². The molecule has 0 unspecified atom stereocenters. The highest BCUT2D eigenvalue weighted by Gasteiger charge is 2.66. The van der Waals surface area contributed by atoms with Crippen LogP contribution in [0.3, 0.4) is 0 Å². The monoisotopic (exact) mass is 404 g/mol. The van der Waals surface area contributed by atoms with Crippen LogP contribution >= 0.6 is 23.2 Å². The Morgan fingerprint density at radius 3 is 2.33 bits per heavy atom. The number of allylic oxidation sites excluding steroid dienone is 2. The molecule has 5 nitrogen and oxygen atoms in total. The molecule has 2 bridgehead atoms. The molecule has 1 N–H and O–H groups in total. The molecule has 1 saturated heterocycles. The second-order valence-corrected chi connectivity index (χ2v) is 8.75.